The molecule has 34 heavy (non-hydrogen) atoms. The zero-order valence-corrected chi connectivity index (χ0v) is 20.5. The number of hydrogen-bond acceptors (Lipinski definition) is 5. The third-order valence-corrected chi connectivity index (χ3v) is 6.72. The van der Waals surface area contributed by atoms with E-state index in [-0.39, 0.29) is 42.9 Å². The largest absolute Gasteiger partial charge is 0.467 e. The van der Waals surface area contributed by atoms with Crippen LogP contribution in [-0.4, -0.2) is 71.1 Å². The molecule has 3 atom stereocenters. The van der Waals surface area contributed by atoms with E-state index < -0.39 is 24.0 Å². The lowest BCUT2D eigenvalue weighted by Gasteiger charge is -2.27. The van der Waals surface area contributed by atoms with E-state index in [2.05, 4.69) is 16.0 Å². The van der Waals surface area contributed by atoms with Gasteiger partial charge in [-0.05, 0) is 37.3 Å². The molecule has 4 amide bonds. The van der Waals surface area contributed by atoms with Crippen molar-refractivity contribution in [2.45, 2.75) is 76.5 Å². The Morgan fingerprint density at radius 2 is 1.74 bits per heavy atom. The molecule has 3 rings (SSSR count). The Kier molecular flexibility index (Phi) is 8.57. The summed E-state index contributed by atoms with van der Waals surface area (Å²) in [6.45, 7) is 3.82. The van der Waals surface area contributed by atoms with Crippen LogP contribution in [0.2, 0.25) is 0 Å². The summed E-state index contributed by atoms with van der Waals surface area (Å²) in [5.74, 6) is -1.47. The molecule has 1 aliphatic heterocycles. The van der Waals surface area contributed by atoms with Crippen LogP contribution in [0.4, 0.5) is 4.79 Å². The molecule has 1 saturated heterocycles. The molecule has 0 aromatic carbocycles. The van der Waals surface area contributed by atoms with Crippen LogP contribution in [-0.2, 0) is 21.4 Å². The van der Waals surface area contributed by atoms with Crippen molar-refractivity contribution >= 4 is 23.8 Å². The van der Waals surface area contributed by atoms with Crippen LogP contribution in [0.1, 0.15) is 62.9 Å². The molecule has 0 unspecified atom stereocenters. The number of ether oxygens (including phenoxy) is 1. The number of carbonyl (C=O) groups is 4. The summed E-state index contributed by atoms with van der Waals surface area (Å²) >= 11 is 0. The van der Waals surface area contributed by atoms with Gasteiger partial charge in [0.15, 0.2) is 0 Å². The Morgan fingerprint density at radius 3 is 2.32 bits per heavy atom. The standard InChI is InChI=1S/C24H37N5O5/c1-15(2)20(23(32)34-4)27-21(30)19-13-17(26-24(33)25-16-9-6-5-7-10-16)14-29(19)22(31)18-11-8-12-28(18)3/h8,11-12,15-17,19-20H,5-7,9-10,13-14H2,1-4H3,(H,27,30)(H2,25,26,33)/t17-,19-,20+/m0/s1. The van der Waals surface area contributed by atoms with Crippen molar-refractivity contribution in [1.82, 2.24) is 25.4 Å². The van der Waals surface area contributed by atoms with Crippen LogP contribution < -0.4 is 16.0 Å². The molecule has 2 aliphatic rings. The molecule has 1 saturated carbocycles. The third-order valence-electron chi connectivity index (χ3n) is 6.72. The van der Waals surface area contributed by atoms with Gasteiger partial charge in [0.25, 0.3) is 5.91 Å². The molecule has 1 aromatic rings. The molecule has 1 aromatic heterocycles. The maximum absolute atomic E-state index is 13.3. The highest BCUT2D eigenvalue weighted by Gasteiger charge is 2.42. The number of carbonyl (C=O) groups excluding carboxylic acids is 4. The van der Waals surface area contributed by atoms with Crippen molar-refractivity contribution in [3.63, 3.8) is 0 Å². The van der Waals surface area contributed by atoms with E-state index in [9.17, 15) is 19.2 Å². The van der Waals surface area contributed by atoms with Gasteiger partial charge in [-0.25, -0.2) is 9.59 Å². The number of amides is 4. The number of methoxy groups -OCH3 is 1. The minimum atomic E-state index is -0.828. The van der Waals surface area contributed by atoms with Crippen molar-refractivity contribution < 1.29 is 23.9 Å². The number of likely N-dealkylation sites (tertiary alicyclic amines) is 1. The summed E-state index contributed by atoms with van der Waals surface area (Å²) in [6.07, 6.45) is 7.35. The molecule has 0 radical (unpaired) electrons. The van der Waals surface area contributed by atoms with Crippen LogP contribution in [0.25, 0.3) is 0 Å². The molecule has 188 valence electrons. The third kappa shape index (κ3) is 6.09. The quantitative estimate of drug-likeness (QED) is 0.517. The number of hydrogen-bond donors (Lipinski definition) is 3. The topological polar surface area (TPSA) is 122 Å². The number of urea groups is 1. The van der Waals surface area contributed by atoms with E-state index in [1.807, 2.05) is 13.8 Å². The first kappa shape index (κ1) is 25.6. The number of esters is 1. The van der Waals surface area contributed by atoms with E-state index in [0.29, 0.717) is 5.69 Å². The maximum atomic E-state index is 13.3. The van der Waals surface area contributed by atoms with Crippen molar-refractivity contribution in [1.29, 1.82) is 0 Å². The number of nitrogens with one attached hydrogen (secondary N) is 3. The summed E-state index contributed by atoms with van der Waals surface area (Å²) in [4.78, 5) is 52.8. The molecular weight excluding hydrogens is 438 g/mol. The van der Waals surface area contributed by atoms with Crippen molar-refractivity contribution in [2.75, 3.05) is 13.7 Å². The molecule has 1 aliphatic carbocycles. The van der Waals surface area contributed by atoms with Crippen LogP contribution in [0.3, 0.4) is 0 Å². The van der Waals surface area contributed by atoms with Gasteiger partial charge in [0, 0.05) is 25.8 Å². The lowest BCUT2D eigenvalue weighted by atomic mass is 9.96. The van der Waals surface area contributed by atoms with E-state index >= 15 is 0 Å². The molecule has 10 heteroatoms. The van der Waals surface area contributed by atoms with Crippen molar-refractivity contribution in [3.05, 3.63) is 24.0 Å². The first-order chi connectivity index (χ1) is 16.2. The average molecular weight is 476 g/mol. The number of aryl methyl sites for hydroxylation is 1. The second-order valence-electron chi connectivity index (χ2n) is 9.62. The van der Waals surface area contributed by atoms with Gasteiger partial charge in [-0.3, -0.25) is 9.59 Å². The predicted octanol–water partition coefficient (Wildman–Crippen LogP) is 1.55. The van der Waals surface area contributed by atoms with Crippen molar-refractivity contribution in [3.8, 4) is 0 Å². The van der Waals surface area contributed by atoms with E-state index in [0.717, 1.165) is 25.7 Å². The van der Waals surface area contributed by atoms with Crippen LogP contribution in [0.15, 0.2) is 18.3 Å². The van der Waals surface area contributed by atoms with Gasteiger partial charge in [0.2, 0.25) is 5.91 Å². The lowest BCUT2D eigenvalue weighted by Crippen LogP contribution is -2.52. The molecule has 10 nitrogen and oxygen atoms in total. The van der Waals surface area contributed by atoms with Gasteiger partial charge in [0.1, 0.15) is 17.8 Å². The molecule has 0 spiro atoms. The average Bonchev–Trinajstić information content (AvgIpc) is 3.43. The highest BCUT2D eigenvalue weighted by atomic mass is 16.5. The Hall–Kier alpha value is -3.04. The summed E-state index contributed by atoms with van der Waals surface area (Å²) < 4.78 is 6.52. The van der Waals surface area contributed by atoms with Gasteiger partial charge in [0.05, 0.1) is 13.2 Å². The Labute approximate surface area is 200 Å². The van der Waals surface area contributed by atoms with Gasteiger partial charge in [-0.1, -0.05) is 33.1 Å². The normalized spacial score (nSPS) is 21.7. The lowest BCUT2D eigenvalue weighted by molar-refractivity contribution is -0.146. The maximum Gasteiger partial charge on any atom is 0.328 e. The fourth-order valence-corrected chi connectivity index (χ4v) is 4.78. The molecular formula is C24H37N5O5. The Morgan fingerprint density at radius 1 is 1.06 bits per heavy atom. The Bertz CT molecular complexity index is 892. The van der Waals surface area contributed by atoms with E-state index in [1.165, 1.54) is 18.4 Å². The second-order valence-corrected chi connectivity index (χ2v) is 9.62. The summed E-state index contributed by atoms with van der Waals surface area (Å²) in [7, 11) is 3.04. The summed E-state index contributed by atoms with van der Waals surface area (Å²) in [6, 6.07) is 1.29. The number of nitrogens with zero attached hydrogens (tertiary/aromatic N) is 2. The molecule has 2 fully saturated rings. The zero-order chi connectivity index (χ0) is 24.8. The fourth-order valence-electron chi connectivity index (χ4n) is 4.78. The minimum absolute atomic E-state index is 0.155. The van der Waals surface area contributed by atoms with Gasteiger partial charge >= 0.3 is 12.0 Å². The SMILES string of the molecule is COC(=O)[C@H](NC(=O)[C@@H]1C[C@H](NC(=O)NC2CCCCC2)CN1C(=O)c1cccn1C)C(C)C. The van der Waals surface area contributed by atoms with Crippen LogP contribution >= 0.6 is 0 Å². The number of aromatic nitrogens is 1. The van der Waals surface area contributed by atoms with Crippen LogP contribution in [0, 0.1) is 5.92 Å². The molecule has 2 heterocycles. The highest BCUT2D eigenvalue weighted by Crippen LogP contribution is 2.23. The van der Waals surface area contributed by atoms with Gasteiger partial charge < -0.3 is 30.2 Å². The molecule has 0 bridgehead atoms. The predicted molar refractivity (Wildman–Crippen MR) is 126 cm³/mol. The van der Waals surface area contributed by atoms with Gasteiger partial charge in [-0.2, -0.15) is 0 Å². The van der Waals surface area contributed by atoms with E-state index in [1.54, 1.807) is 29.9 Å². The fraction of sp³-hybridized carbons (Fsp3) is 0.667. The van der Waals surface area contributed by atoms with E-state index in [4.69, 9.17) is 4.74 Å². The molecule has 3 N–H and O–H groups in total. The summed E-state index contributed by atoms with van der Waals surface area (Å²) in [5, 5.41) is 8.72. The highest BCUT2D eigenvalue weighted by molar-refractivity contribution is 5.98. The minimum Gasteiger partial charge on any atom is -0.467 e. The van der Waals surface area contributed by atoms with Crippen LogP contribution in [0.5, 0.6) is 0 Å². The second kappa shape index (κ2) is 11.4. The zero-order valence-electron chi connectivity index (χ0n) is 20.5. The first-order valence-electron chi connectivity index (χ1n) is 12.1. The first-order valence-corrected chi connectivity index (χ1v) is 12.1. The number of rotatable bonds is 7. The smallest absolute Gasteiger partial charge is 0.328 e. The Balaban J connectivity index is 1.73. The summed E-state index contributed by atoms with van der Waals surface area (Å²) in [5.41, 5.74) is 0.443. The van der Waals surface area contributed by atoms with Crippen molar-refractivity contribution in [2.24, 2.45) is 13.0 Å². The monoisotopic (exact) mass is 475 g/mol. The van der Waals surface area contributed by atoms with Gasteiger partial charge in [-0.15, -0.1) is 0 Å².